The molecular formula is C19H22BrClN2OS. The standard InChI is InChI=1S/C19H22BrClN2OS/c1-12(2)10-18(13-4-7-15(24-3)8-5-13)23-19(25)22-14-6-9-16(20)17(21)11-14/h4-9,11-12,18H,10H2,1-3H3,(H2,22,23,25). The molecule has 0 amide bonds. The maximum atomic E-state index is 6.13. The Kier molecular flexibility index (Phi) is 7.54. The lowest BCUT2D eigenvalue weighted by Gasteiger charge is -2.23. The molecule has 0 fully saturated rings. The SMILES string of the molecule is COc1ccc(C(CC(C)C)NC(=S)Nc2ccc(Br)c(Cl)c2)cc1. The fourth-order valence-electron chi connectivity index (χ4n) is 2.49. The second-order valence-electron chi connectivity index (χ2n) is 6.18. The Morgan fingerprint density at radius 3 is 2.44 bits per heavy atom. The first-order valence-electron chi connectivity index (χ1n) is 8.05. The van der Waals surface area contributed by atoms with Gasteiger partial charge in [0.15, 0.2) is 5.11 Å². The van der Waals surface area contributed by atoms with E-state index < -0.39 is 0 Å². The Morgan fingerprint density at radius 1 is 1.20 bits per heavy atom. The molecular weight excluding hydrogens is 420 g/mol. The van der Waals surface area contributed by atoms with Crippen molar-refractivity contribution in [1.82, 2.24) is 5.32 Å². The molecule has 0 bridgehead atoms. The predicted octanol–water partition coefficient (Wildman–Crippen LogP) is 6.18. The summed E-state index contributed by atoms with van der Waals surface area (Å²) < 4.78 is 6.09. The molecule has 0 radical (unpaired) electrons. The maximum Gasteiger partial charge on any atom is 0.171 e. The molecule has 25 heavy (non-hydrogen) atoms. The Labute approximate surface area is 168 Å². The molecule has 0 aromatic heterocycles. The lowest BCUT2D eigenvalue weighted by Crippen LogP contribution is -2.33. The van der Waals surface area contributed by atoms with E-state index in [4.69, 9.17) is 28.6 Å². The van der Waals surface area contributed by atoms with Gasteiger partial charge in [0.25, 0.3) is 0 Å². The van der Waals surface area contributed by atoms with Gasteiger partial charge in [-0.3, -0.25) is 0 Å². The largest absolute Gasteiger partial charge is 0.497 e. The summed E-state index contributed by atoms with van der Waals surface area (Å²) in [6.45, 7) is 4.40. The molecule has 2 rings (SSSR count). The lowest BCUT2D eigenvalue weighted by atomic mass is 9.97. The summed E-state index contributed by atoms with van der Waals surface area (Å²) in [5, 5.41) is 7.82. The molecule has 0 heterocycles. The minimum Gasteiger partial charge on any atom is -0.497 e. The molecule has 0 aliphatic rings. The number of rotatable bonds is 6. The molecule has 2 aromatic carbocycles. The average Bonchev–Trinajstić information content (AvgIpc) is 2.57. The van der Waals surface area contributed by atoms with Crippen LogP contribution in [0.1, 0.15) is 31.9 Å². The molecule has 0 aliphatic carbocycles. The molecule has 1 atom stereocenters. The quantitative estimate of drug-likeness (QED) is 0.524. The fourth-order valence-corrected chi connectivity index (χ4v) is 3.17. The second-order valence-corrected chi connectivity index (χ2v) is 7.85. The van der Waals surface area contributed by atoms with Gasteiger partial charge in [-0.05, 0) is 76.4 Å². The number of nitrogens with one attached hydrogen (secondary N) is 2. The van der Waals surface area contributed by atoms with Gasteiger partial charge < -0.3 is 15.4 Å². The minimum atomic E-state index is 0.122. The van der Waals surface area contributed by atoms with Crippen LogP contribution in [0.2, 0.25) is 5.02 Å². The van der Waals surface area contributed by atoms with Crippen molar-refractivity contribution in [1.29, 1.82) is 0 Å². The van der Waals surface area contributed by atoms with Crippen LogP contribution in [0, 0.1) is 5.92 Å². The van der Waals surface area contributed by atoms with Crippen molar-refractivity contribution in [3.05, 3.63) is 57.5 Å². The van der Waals surface area contributed by atoms with Crippen LogP contribution in [0.15, 0.2) is 46.9 Å². The lowest BCUT2D eigenvalue weighted by molar-refractivity contribution is 0.414. The van der Waals surface area contributed by atoms with Crippen LogP contribution in [0.3, 0.4) is 0 Å². The normalized spacial score (nSPS) is 11.9. The molecule has 0 spiro atoms. The van der Waals surface area contributed by atoms with Crippen molar-refractivity contribution >= 4 is 50.5 Å². The number of benzene rings is 2. The summed E-state index contributed by atoms with van der Waals surface area (Å²) in [5.41, 5.74) is 2.02. The number of ether oxygens (including phenoxy) is 1. The molecule has 3 nitrogen and oxygen atoms in total. The monoisotopic (exact) mass is 440 g/mol. The van der Waals surface area contributed by atoms with E-state index in [-0.39, 0.29) is 6.04 Å². The Balaban J connectivity index is 2.09. The Morgan fingerprint density at radius 2 is 1.88 bits per heavy atom. The van der Waals surface area contributed by atoms with E-state index in [0.29, 0.717) is 16.1 Å². The zero-order valence-electron chi connectivity index (χ0n) is 14.5. The highest BCUT2D eigenvalue weighted by atomic mass is 79.9. The van der Waals surface area contributed by atoms with Crippen molar-refractivity contribution < 1.29 is 4.74 Å². The van der Waals surface area contributed by atoms with E-state index >= 15 is 0 Å². The second kappa shape index (κ2) is 9.41. The fraction of sp³-hybridized carbons (Fsp3) is 0.316. The van der Waals surface area contributed by atoms with Crippen LogP contribution >= 0.6 is 39.7 Å². The van der Waals surface area contributed by atoms with Crippen molar-refractivity contribution in [3.8, 4) is 5.75 Å². The number of anilines is 1. The molecule has 2 aromatic rings. The van der Waals surface area contributed by atoms with E-state index in [0.717, 1.165) is 22.3 Å². The zero-order valence-corrected chi connectivity index (χ0v) is 17.6. The van der Waals surface area contributed by atoms with Gasteiger partial charge in [0.2, 0.25) is 0 Å². The van der Waals surface area contributed by atoms with Crippen LogP contribution in [0.4, 0.5) is 5.69 Å². The Hall–Kier alpha value is -1.30. The molecule has 0 saturated heterocycles. The molecule has 6 heteroatoms. The zero-order chi connectivity index (χ0) is 18.4. The Bertz CT molecular complexity index is 722. The first-order valence-corrected chi connectivity index (χ1v) is 9.63. The van der Waals surface area contributed by atoms with Crippen molar-refractivity contribution in [3.63, 3.8) is 0 Å². The number of halogens is 2. The summed E-state index contributed by atoms with van der Waals surface area (Å²) in [6.07, 6.45) is 0.968. The van der Waals surface area contributed by atoms with E-state index in [1.54, 1.807) is 7.11 Å². The van der Waals surface area contributed by atoms with Crippen molar-refractivity contribution in [2.75, 3.05) is 12.4 Å². The van der Waals surface area contributed by atoms with Crippen LogP contribution in [-0.2, 0) is 0 Å². The number of hydrogen-bond donors (Lipinski definition) is 2. The van der Waals surface area contributed by atoms with E-state index in [9.17, 15) is 0 Å². The van der Waals surface area contributed by atoms with Gasteiger partial charge in [-0.1, -0.05) is 37.6 Å². The van der Waals surface area contributed by atoms with Gasteiger partial charge in [0.05, 0.1) is 18.2 Å². The minimum absolute atomic E-state index is 0.122. The first kappa shape index (κ1) is 20.0. The topological polar surface area (TPSA) is 33.3 Å². The first-order chi connectivity index (χ1) is 11.9. The number of thiocarbonyl (C=S) groups is 1. The number of hydrogen-bond acceptors (Lipinski definition) is 2. The number of methoxy groups -OCH3 is 1. The maximum absolute atomic E-state index is 6.13. The van der Waals surface area contributed by atoms with Crippen molar-refractivity contribution in [2.45, 2.75) is 26.3 Å². The van der Waals surface area contributed by atoms with Gasteiger partial charge in [-0.2, -0.15) is 0 Å². The van der Waals surface area contributed by atoms with Gasteiger partial charge in [-0.25, -0.2) is 0 Å². The summed E-state index contributed by atoms with van der Waals surface area (Å²) in [7, 11) is 1.67. The van der Waals surface area contributed by atoms with Gasteiger partial charge in [-0.15, -0.1) is 0 Å². The summed E-state index contributed by atoms with van der Waals surface area (Å²) in [4.78, 5) is 0. The third-order valence-corrected chi connectivity index (χ3v) is 5.16. The highest BCUT2D eigenvalue weighted by Gasteiger charge is 2.15. The highest BCUT2D eigenvalue weighted by molar-refractivity contribution is 9.10. The van der Waals surface area contributed by atoms with Crippen LogP contribution in [0.5, 0.6) is 5.75 Å². The third kappa shape index (κ3) is 6.17. The molecule has 2 N–H and O–H groups in total. The average molecular weight is 442 g/mol. The highest BCUT2D eigenvalue weighted by Crippen LogP contribution is 2.26. The van der Waals surface area contributed by atoms with Gasteiger partial charge in [0.1, 0.15) is 5.75 Å². The molecule has 0 aliphatic heterocycles. The summed E-state index contributed by atoms with van der Waals surface area (Å²) >= 11 is 15.0. The smallest absolute Gasteiger partial charge is 0.171 e. The summed E-state index contributed by atoms with van der Waals surface area (Å²) in [6, 6.07) is 13.8. The summed E-state index contributed by atoms with van der Waals surface area (Å²) in [5.74, 6) is 1.38. The van der Waals surface area contributed by atoms with Crippen molar-refractivity contribution in [2.24, 2.45) is 5.92 Å². The van der Waals surface area contributed by atoms with Crippen LogP contribution in [-0.4, -0.2) is 12.2 Å². The molecule has 134 valence electrons. The molecule has 0 saturated carbocycles. The van der Waals surface area contributed by atoms with Gasteiger partial charge >= 0.3 is 0 Å². The van der Waals surface area contributed by atoms with Crippen LogP contribution < -0.4 is 15.4 Å². The van der Waals surface area contributed by atoms with Crippen LogP contribution in [0.25, 0.3) is 0 Å². The van der Waals surface area contributed by atoms with Gasteiger partial charge in [0, 0.05) is 10.2 Å². The van der Waals surface area contributed by atoms with E-state index in [2.05, 4.69) is 52.5 Å². The van der Waals surface area contributed by atoms with E-state index in [1.807, 2.05) is 30.3 Å². The third-order valence-electron chi connectivity index (χ3n) is 3.71. The molecule has 1 unspecified atom stereocenters. The predicted molar refractivity (Wildman–Crippen MR) is 114 cm³/mol. The van der Waals surface area contributed by atoms with E-state index in [1.165, 1.54) is 5.56 Å².